The Labute approximate surface area is 176 Å². The number of nitro benzene ring substituents is 1. The van der Waals surface area contributed by atoms with E-state index in [0.717, 1.165) is 0 Å². The molecule has 1 aliphatic rings. The Morgan fingerprint density at radius 3 is 2.38 bits per heavy atom. The quantitative estimate of drug-likeness (QED) is 0.276. The van der Waals surface area contributed by atoms with Crippen molar-refractivity contribution < 1.29 is 24.0 Å². The van der Waals surface area contributed by atoms with E-state index in [1.165, 1.54) is 32.4 Å². The molecule has 0 fully saturated rings. The van der Waals surface area contributed by atoms with E-state index in [2.05, 4.69) is 16.0 Å². The van der Waals surface area contributed by atoms with Crippen molar-refractivity contribution in [2.75, 3.05) is 26.2 Å². The fourth-order valence-electron chi connectivity index (χ4n) is 3.47. The third kappa shape index (κ3) is 4.34. The molecule has 0 aromatic heterocycles. The monoisotopic (exact) mass is 468 g/mol. The molecule has 1 radical (unpaired) electrons. The first-order valence-electron chi connectivity index (χ1n) is 8.72. The molecule has 1 unspecified atom stereocenters. The van der Waals surface area contributed by atoms with Crippen LogP contribution in [0.15, 0.2) is 46.8 Å². The van der Waals surface area contributed by atoms with Crippen molar-refractivity contribution in [3.63, 3.8) is 0 Å². The van der Waals surface area contributed by atoms with Crippen LogP contribution in [0.4, 0.5) is 5.69 Å². The van der Waals surface area contributed by atoms with E-state index in [1.807, 2.05) is 0 Å². The molecule has 1 aromatic carbocycles. The Kier molecular flexibility index (Phi) is 7.55. The minimum atomic E-state index is -0.890. The van der Waals surface area contributed by atoms with Crippen molar-refractivity contribution in [1.29, 1.82) is 0 Å². The van der Waals surface area contributed by atoms with Gasteiger partial charge in [0.05, 0.1) is 0 Å². The summed E-state index contributed by atoms with van der Waals surface area (Å²) in [4.78, 5) is 38.0. The van der Waals surface area contributed by atoms with Crippen LogP contribution in [0.25, 0.3) is 0 Å². The molecule has 29 heavy (non-hydrogen) atoms. The number of allylic oxidation sites excluding steroid dienone is 1. The summed E-state index contributed by atoms with van der Waals surface area (Å²) in [6.07, 6.45) is 0.351. The van der Waals surface area contributed by atoms with Crippen molar-refractivity contribution in [2.45, 2.75) is 19.3 Å². The van der Waals surface area contributed by atoms with Crippen LogP contribution < -0.4 is 5.73 Å². The van der Waals surface area contributed by atoms with Gasteiger partial charge in [-0.25, -0.2) is 0 Å². The van der Waals surface area contributed by atoms with Gasteiger partial charge in [0.15, 0.2) is 0 Å². The van der Waals surface area contributed by atoms with Gasteiger partial charge in [0.1, 0.15) is 0 Å². The summed E-state index contributed by atoms with van der Waals surface area (Å²) in [6.45, 7) is 1.99. The Morgan fingerprint density at radius 2 is 1.86 bits per heavy atom. The SMILES string of the molecule is COC(=O)C1=C(C)N(C[Se])C(CCN)=C(C(=O)OC)C1c1cccc([N+](=O)[O-])c1. The molecule has 10 heteroatoms. The fraction of sp³-hybridized carbons (Fsp3) is 0.368. The summed E-state index contributed by atoms with van der Waals surface area (Å²) in [5.74, 6) is -2.16. The number of benzene rings is 1. The van der Waals surface area contributed by atoms with Crippen molar-refractivity contribution in [3.05, 3.63) is 62.5 Å². The van der Waals surface area contributed by atoms with Gasteiger partial charge in [0, 0.05) is 0 Å². The number of nitro groups is 1. The third-order valence-electron chi connectivity index (χ3n) is 4.74. The van der Waals surface area contributed by atoms with Gasteiger partial charge in [-0.1, -0.05) is 0 Å². The molecule has 2 N–H and O–H groups in total. The Hall–Kier alpha value is -2.68. The summed E-state index contributed by atoms with van der Waals surface area (Å²) in [6, 6.07) is 5.83. The normalized spacial score (nSPS) is 16.7. The average molecular weight is 467 g/mol. The Balaban J connectivity index is 2.88. The number of ether oxygens (including phenoxy) is 2. The number of nitrogens with zero attached hydrogens (tertiary/aromatic N) is 2. The van der Waals surface area contributed by atoms with E-state index in [0.29, 0.717) is 28.8 Å². The molecule has 155 valence electrons. The first-order valence-corrected chi connectivity index (χ1v) is 9.93. The minimum absolute atomic E-state index is 0.153. The molecule has 1 heterocycles. The number of non-ortho nitro benzene ring substituents is 1. The van der Waals surface area contributed by atoms with E-state index >= 15 is 0 Å². The molecule has 0 spiro atoms. The van der Waals surface area contributed by atoms with Crippen LogP contribution in [-0.2, 0) is 19.1 Å². The molecule has 1 aliphatic heterocycles. The Bertz CT molecular complexity index is 896. The van der Waals surface area contributed by atoms with Crippen LogP contribution in [-0.4, -0.2) is 64.0 Å². The second-order valence-corrected chi connectivity index (χ2v) is 6.77. The zero-order chi connectivity index (χ0) is 21.7. The zero-order valence-electron chi connectivity index (χ0n) is 16.3. The number of hydrogen-bond acceptors (Lipinski definition) is 8. The molecular formula is C19H22N3O6Se. The summed E-state index contributed by atoms with van der Waals surface area (Å²) in [7, 11) is 2.48. The van der Waals surface area contributed by atoms with Crippen LogP contribution >= 0.6 is 0 Å². The van der Waals surface area contributed by atoms with Crippen molar-refractivity contribution >= 4 is 33.6 Å². The second kappa shape index (κ2) is 9.69. The van der Waals surface area contributed by atoms with E-state index < -0.39 is 22.8 Å². The molecule has 0 saturated heterocycles. The summed E-state index contributed by atoms with van der Waals surface area (Å²) in [5, 5.41) is 11.3. The molecule has 9 nitrogen and oxygen atoms in total. The number of carbonyl (C=O) groups excluding carboxylic acids is 2. The van der Waals surface area contributed by atoms with E-state index in [4.69, 9.17) is 15.2 Å². The van der Waals surface area contributed by atoms with Gasteiger partial charge >= 0.3 is 176 Å². The molecule has 2 rings (SSSR count). The second-order valence-electron chi connectivity index (χ2n) is 6.22. The van der Waals surface area contributed by atoms with Gasteiger partial charge < -0.3 is 0 Å². The Morgan fingerprint density at radius 1 is 1.24 bits per heavy atom. The maximum atomic E-state index is 12.8. The number of hydrogen-bond donors (Lipinski definition) is 1. The average Bonchev–Trinajstić information content (AvgIpc) is 2.72. The molecule has 0 saturated carbocycles. The van der Waals surface area contributed by atoms with E-state index in [-0.39, 0.29) is 23.4 Å². The summed E-state index contributed by atoms with van der Waals surface area (Å²) >= 11 is 2.89. The third-order valence-corrected chi connectivity index (χ3v) is 5.29. The van der Waals surface area contributed by atoms with Crippen LogP contribution in [0.2, 0.25) is 0 Å². The van der Waals surface area contributed by atoms with Crippen molar-refractivity contribution in [3.8, 4) is 0 Å². The number of nitrogens with two attached hydrogens (primary N) is 1. The van der Waals surface area contributed by atoms with Gasteiger partial charge in [-0.15, -0.1) is 0 Å². The summed E-state index contributed by atoms with van der Waals surface area (Å²) in [5.41, 5.74) is 7.99. The predicted molar refractivity (Wildman–Crippen MR) is 106 cm³/mol. The van der Waals surface area contributed by atoms with Gasteiger partial charge in [-0.3, -0.25) is 0 Å². The van der Waals surface area contributed by atoms with Crippen LogP contribution in [0.1, 0.15) is 24.8 Å². The van der Waals surface area contributed by atoms with E-state index in [9.17, 15) is 19.7 Å². The first-order chi connectivity index (χ1) is 13.8. The standard InChI is InChI=1S/C19H22N3O6Se/c1-11-15(18(23)27-2)16(12-5-4-6-13(9-12)22(25)26)17(19(24)28-3)14(7-8-20)21(11)10-29/h4-6,9,16H,7-8,10,20H2,1-3H3. The number of rotatable bonds is 7. The zero-order valence-corrected chi connectivity index (χ0v) is 18.1. The molecule has 0 bridgehead atoms. The van der Waals surface area contributed by atoms with Gasteiger partial charge in [0.25, 0.3) is 0 Å². The number of esters is 2. The van der Waals surface area contributed by atoms with Gasteiger partial charge in [-0.05, 0) is 0 Å². The van der Waals surface area contributed by atoms with Crippen LogP contribution in [0, 0.1) is 10.1 Å². The van der Waals surface area contributed by atoms with Crippen LogP contribution in [0.5, 0.6) is 0 Å². The topological polar surface area (TPSA) is 125 Å². The van der Waals surface area contributed by atoms with E-state index in [1.54, 1.807) is 17.9 Å². The van der Waals surface area contributed by atoms with Crippen molar-refractivity contribution in [1.82, 2.24) is 4.90 Å². The molecule has 1 atom stereocenters. The van der Waals surface area contributed by atoms with Crippen molar-refractivity contribution in [2.24, 2.45) is 5.73 Å². The van der Waals surface area contributed by atoms with Gasteiger partial charge in [-0.2, -0.15) is 0 Å². The van der Waals surface area contributed by atoms with Crippen LogP contribution in [0.3, 0.4) is 0 Å². The number of methoxy groups -OCH3 is 2. The molecule has 1 aromatic rings. The molecule has 0 amide bonds. The summed E-state index contributed by atoms with van der Waals surface area (Å²) < 4.78 is 9.97. The van der Waals surface area contributed by atoms with Gasteiger partial charge in [0.2, 0.25) is 0 Å². The first kappa shape index (κ1) is 22.6. The molecular weight excluding hydrogens is 445 g/mol. The maximum absolute atomic E-state index is 12.8. The fourth-order valence-corrected chi connectivity index (χ4v) is 4.20. The predicted octanol–water partition coefficient (Wildman–Crippen LogP) is 1.34. The number of carbonyl (C=O) groups is 2. The molecule has 0 aliphatic carbocycles.